The summed E-state index contributed by atoms with van der Waals surface area (Å²) in [5, 5.41) is 0.0910. The van der Waals surface area contributed by atoms with E-state index in [1.165, 1.54) is 12.1 Å². The van der Waals surface area contributed by atoms with Crippen LogP contribution in [0.2, 0.25) is 5.02 Å². The van der Waals surface area contributed by atoms with Crippen LogP contribution in [0.15, 0.2) is 18.2 Å². The summed E-state index contributed by atoms with van der Waals surface area (Å²) in [5.41, 5.74) is 5.97. The quantitative estimate of drug-likeness (QED) is 0.841. The maximum absolute atomic E-state index is 13.1. The summed E-state index contributed by atoms with van der Waals surface area (Å²) in [4.78, 5) is 28.2. The molecule has 1 aliphatic rings. The van der Waals surface area contributed by atoms with Crippen molar-refractivity contribution in [2.45, 2.75) is 26.8 Å². The lowest BCUT2D eigenvalue weighted by molar-refractivity contribution is -0.136. The molecule has 1 saturated heterocycles. The zero-order chi connectivity index (χ0) is 18.1. The number of rotatable bonds is 2. The fourth-order valence-electron chi connectivity index (χ4n) is 2.53. The van der Waals surface area contributed by atoms with Crippen molar-refractivity contribution < 1.29 is 14.0 Å². The van der Waals surface area contributed by atoms with Crippen molar-refractivity contribution in [2.24, 2.45) is 11.1 Å². The summed E-state index contributed by atoms with van der Waals surface area (Å²) < 4.78 is 13.1. The first-order chi connectivity index (χ1) is 11.1. The van der Waals surface area contributed by atoms with Gasteiger partial charge in [-0.25, -0.2) is 4.39 Å². The molecule has 1 aliphatic heterocycles. The number of carbonyl (C=O) groups is 2. The van der Waals surface area contributed by atoms with Gasteiger partial charge in [-0.1, -0.05) is 32.4 Å². The molecular formula is C17H24Cl2FN3O2. The Morgan fingerprint density at radius 1 is 1.16 bits per heavy atom. The standard InChI is InChI=1S/C17H23ClFN3O2.ClH/c1-17(2,3)14(20)16(24)22-8-6-21(7-9-22)15(23)12-5-4-11(19)10-13(12)18;/h4-5,10,14H,6-9,20H2,1-3H3;1H/t14-;/m1./s1. The second kappa shape index (κ2) is 8.34. The molecule has 5 nitrogen and oxygen atoms in total. The van der Waals surface area contributed by atoms with E-state index in [-0.39, 0.29) is 40.2 Å². The van der Waals surface area contributed by atoms with Gasteiger partial charge in [0.15, 0.2) is 0 Å². The molecule has 2 amide bonds. The number of nitrogens with two attached hydrogens (primary N) is 1. The van der Waals surface area contributed by atoms with Crippen molar-refractivity contribution in [3.8, 4) is 0 Å². The molecule has 25 heavy (non-hydrogen) atoms. The van der Waals surface area contributed by atoms with E-state index in [0.717, 1.165) is 6.07 Å². The fourth-order valence-corrected chi connectivity index (χ4v) is 2.78. The lowest BCUT2D eigenvalue weighted by Gasteiger charge is -2.38. The number of hydrogen-bond donors (Lipinski definition) is 1. The number of carbonyl (C=O) groups excluding carboxylic acids is 2. The highest BCUT2D eigenvalue weighted by molar-refractivity contribution is 6.33. The predicted molar refractivity (Wildman–Crippen MR) is 98.6 cm³/mol. The summed E-state index contributed by atoms with van der Waals surface area (Å²) in [6, 6.07) is 3.14. The molecule has 1 fully saturated rings. The maximum atomic E-state index is 13.1. The number of benzene rings is 1. The summed E-state index contributed by atoms with van der Waals surface area (Å²) in [7, 11) is 0. The van der Waals surface area contributed by atoms with Gasteiger partial charge in [0.05, 0.1) is 16.6 Å². The van der Waals surface area contributed by atoms with Gasteiger partial charge in [0.25, 0.3) is 5.91 Å². The third-order valence-electron chi connectivity index (χ3n) is 4.24. The van der Waals surface area contributed by atoms with Crippen LogP contribution in [0.25, 0.3) is 0 Å². The number of halogens is 3. The van der Waals surface area contributed by atoms with Gasteiger partial charge < -0.3 is 15.5 Å². The molecule has 0 unspecified atom stereocenters. The second-order valence-electron chi connectivity index (χ2n) is 7.09. The summed E-state index contributed by atoms with van der Waals surface area (Å²) in [6.45, 7) is 7.41. The van der Waals surface area contributed by atoms with Crippen LogP contribution in [0, 0.1) is 11.2 Å². The van der Waals surface area contributed by atoms with Crippen molar-refractivity contribution in [3.63, 3.8) is 0 Å². The molecule has 8 heteroatoms. The average Bonchev–Trinajstić information content (AvgIpc) is 2.52. The fraction of sp³-hybridized carbons (Fsp3) is 0.529. The van der Waals surface area contributed by atoms with Crippen molar-refractivity contribution in [3.05, 3.63) is 34.6 Å². The van der Waals surface area contributed by atoms with E-state index in [1.807, 2.05) is 20.8 Å². The van der Waals surface area contributed by atoms with Crippen LogP contribution in [-0.2, 0) is 4.79 Å². The SMILES string of the molecule is CC(C)(C)[C@H](N)C(=O)N1CCN(C(=O)c2ccc(F)cc2Cl)CC1.Cl. The van der Waals surface area contributed by atoms with Crippen LogP contribution in [-0.4, -0.2) is 53.8 Å². The molecular weight excluding hydrogens is 368 g/mol. The molecule has 1 aromatic carbocycles. The van der Waals surface area contributed by atoms with Gasteiger partial charge in [-0.05, 0) is 23.6 Å². The molecule has 1 atom stereocenters. The lowest BCUT2D eigenvalue weighted by atomic mass is 9.86. The topological polar surface area (TPSA) is 66.6 Å². The van der Waals surface area contributed by atoms with Crippen LogP contribution >= 0.6 is 24.0 Å². The maximum Gasteiger partial charge on any atom is 0.255 e. The van der Waals surface area contributed by atoms with Crippen LogP contribution in [0.5, 0.6) is 0 Å². The molecule has 0 aliphatic carbocycles. The Kier molecular flexibility index (Phi) is 7.23. The third kappa shape index (κ3) is 5.06. The van der Waals surface area contributed by atoms with E-state index in [4.69, 9.17) is 17.3 Å². The van der Waals surface area contributed by atoms with Gasteiger partial charge in [0, 0.05) is 26.2 Å². The van der Waals surface area contributed by atoms with E-state index < -0.39 is 11.9 Å². The van der Waals surface area contributed by atoms with E-state index in [2.05, 4.69) is 0 Å². The second-order valence-corrected chi connectivity index (χ2v) is 7.49. The first kappa shape index (κ1) is 21.7. The average molecular weight is 392 g/mol. The third-order valence-corrected chi connectivity index (χ3v) is 4.55. The number of hydrogen-bond acceptors (Lipinski definition) is 3. The van der Waals surface area contributed by atoms with E-state index in [9.17, 15) is 14.0 Å². The van der Waals surface area contributed by atoms with Crippen LogP contribution in [0.1, 0.15) is 31.1 Å². The van der Waals surface area contributed by atoms with Gasteiger partial charge in [-0.15, -0.1) is 12.4 Å². The van der Waals surface area contributed by atoms with Crippen LogP contribution in [0.3, 0.4) is 0 Å². The molecule has 0 aromatic heterocycles. The molecule has 0 saturated carbocycles. The molecule has 0 radical (unpaired) electrons. The molecule has 1 heterocycles. The molecule has 1 aromatic rings. The van der Waals surface area contributed by atoms with E-state index >= 15 is 0 Å². The molecule has 140 valence electrons. The highest BCUT2D eigenvalue weighted by Crippen LogP contribution is 2.22. The minimum atomic E-state index is -0.578. The number of piperazine rings is 1. The van der Waals surface area contributed by atoms with Crippen molar-refractivity contribution in [1.29, 1.82) is 0 Å². The van der Waals surface area contributed by atoms with E-state index in [0.29, 0.717) is 26.2 Å². The lowest BCUT2D eigenvalue weighted by Crippen LogP contribution is -2.57. The Labute approximate surface area is 158 Å². The minimum absolute atomic E-state index is 0. The summed E-state index contributed by atoms with van der Waals surface area (Å²) in [6.07, 6.45) is 0. The van der Waals surface area contributed by atoms with Gasteiger partial charge in [-0.2, -0.15) is 0 Å². The number of nitrogens with zero attached hydrogens (tertiary/aromatic N) is 2. The monoisotopic (exact) mass is 391 g/mol. The first-order valence-electron chi connectivity index (χ1n) is 7.90. The molecule has 0 spiro atoms. The summed E-state index contributed by atoms with van der Waals surface area (Å²) >= 11 is 5.95. The van der Waals surface area contributed by atoms with Crippen molar-refractivity contribution >= 4 is 35.8 Å². The zero-order valence-corrected chi connectivity index (χ0v) is 16.2. The first-order valence-corrected chi connectivity index (χ1v) is 8.28. The largest absolute Gasteiger partial charge is 0.338 e. The normalized spacial score (nSPS) is 16.2. The number of amides is 2. The Morgan fingerprint density at radius 3 is 2.16 bits per heavy atom. The van der Waals surface area contributed by atoms with Gasteiger partial charge in [0.2, 0.25) is 5.91 Å². The van der Waals surface area contributed by atoms with Gasteiger partial charge >= 0.3 is 0 Å². The Morgan fingerprint density at radius 2 is 1.68 bits per heavy atom. The summed E-state index contributed by atoms with van der Waals surface area (Å²) in [5.74, 6) is -0.843. The predicted octanol–water partition coefficient (Wildman–Crippen LogP) is 2.56. The smallest absolute Gasteiger partial charge is 0.255 e. The highest BCUT2D eigenvalue weighted by atomic mass is 35.5. The van der Waals surface area contributed by atoms with Crippen molar-refractivity contribution in [2.75, 3.05) is 26.2 Å². The van der Waals surface area contributed by atoms with E-state index in [1.54, 1.807) is 9.80 Å². The molecule has 2 rings (SSSR count). The van der Waals surface area contributed by atoms with Crippen molar-refractivity contribution in [1.82, 2.24) is 9.80 Å². The molecule has 0 bridgehead atoms. The minimum Gasteiger partial charge on any atom is -0.338 e. The highest BCUT2D eigenvalue weighted by Gasteiger charge is 2.33. The van der Waals surface area contributed by atoms with Crippen LogP contribution in [0.4, 0.5) is 4.39 Å². The Bertz CT molecular complexity index is 641. The van der Waals surface area contributed by atoms with Crippen LogP contribution < -0.4 is 5.73 Å². The van der Waals surface area contributed by atoms with Gasteiger partial charge in [-0.3, -0.25) is 9.59 Å². The Hall–Kier alpha value is -1.37. The zero-order valence-electron chi connectivity index (χ0n) is 14.6. The van der Waals surface area contributed by atoms with Gasteiger partial charge in [0.1, 0.15) is 5.82 Å². The molecule has 2 N–H and O–H groups in total. The Balaban J connectivity index is 0.00000312.